The predicted octanol–water partition coefficient (Wildman–Crippen LogP) is 3.45. The van der Waals surface area contributed by atoms with Gasteiger partial charge in [0.05, 0.1) is 6.20 Å². The number of nitrogen functional groups attached to an aromatic ring is 1. The van der Waals surface area contributed by atoms with E-state index in [-0.39, 0.29) is 0 Å². The van der Waals surface area contributed by atoms with Crippen molar-refractivity contribution in [3.63, 3.8) is 0 Å². The van der Waals surface area contributed by atoms with E-state index in [0.717, 1.165) is 15.6 Å². The number of H-pyrrole nitrogens is 1. The van der Waals surface area contributed by atoms with Crippen LogP contribution < -0.4 is 5.73 Å². The molecule has 84 valence electrons. The van der Waals surface area contributed by atoms with Crippen molar-refractivity contribution in [3.05, 3.63) is 34.4 Å². The molecule has 2 aromatic rings. The van der Waals surface area contributed by atoms with Crippen molar-refractivity contribution in [1.82, 2.24) is 10.2 Å². The third-order valence-corrected chi connectivity index (χ3v) is 3.10. The average molecular weight is 284 g/mol. The zero-order chi connectivity index (χ0) is 11.7. The van der Waals surface area contributed by atoms with Gasteiger partial charge in [-0.3, -0.25) is 5.10 Å². The molecule has 0 saturated heterocycles. The third kappa shape index (κ3) is 1.95. The zero-order valence-electron chi connectivity index (χ0n) is 8.67. The largest absolute Gasteiger partial charge is 0.384 e. The number of alkyl halides is 1. The minimum absolute atomic E-state index is 0.507. The van der Waals surface area contributed by atoms with Crippen LogP contribution in [0.4, 0.5) is 10.2 Å². The van der Waals surface area contributed by atoms with Crippen molar-refractivity contribution < 1.29 is 4.39 Å². The molecule has 0 aliphatic rings. The fourth-order valence-corrected chi connectivity index (χ4v) is 2.24. The van der Waals surface area contributed by atoms with E-state index in [1.54, 1.807) is 12.3 Å². The summed E-state index contributed by atoms with van der Waals surface area (Å²) < 4.78 is 13.9. The van der Waals surface area contributed by atoms with Gasteiger partial charge in [0.15, 0.2) is 0 Å². The number of nitrogens with two attached hydrogens (primary N) is 1. The fraction of sp³-hybridized carbons (Fsp3) is 0.182. The summed E-state index contributed by atoms with van der Waals surface area (Å²) >= 11 is 3.35. The molecule has 1 aromatic carbocycles. The number of nitrogens with one attached hydrogen (secondary N) is 1. The van der Waals surface area contributed by atoms with Crippen molar-refractivity contribution in [1.29, 1.82) is 0 Å². The van der Waals surface area contributed by atoms with E-state index in [0.29, 0.717) is 11.4 Å². The van der Waals surface area contributed by atoms with Crippen LogP contribution in [-0.2, 0) is 0 Å². The van der Waals surface area contributed by atoms with Gasteiger partial charge in [0.1, 0.15) is 12.0 Å². The van der Waals surface area contributed by atoms with Crippen LogP contribution in [0.2, 0.25) is 0 Å². The number of hydrogen-bond acceptors (Lipinski definition) is 2. The molecule has 5 heteroatoms. The van der Waals surface area contributed by atoms with E-state index in [2.05, 4.69) is 26.1 Å². The van der Waals surface area contributed by atoms with Crippen LogP contribution in [0, 0.1) is 0 Å². The second-order valence-corrected chi connectivity index (χ2v) is 4.40. The Hall–Kier alpha value is -1.36. The standard InChI is InChI=1S/C11H11BrFN3/c1-6(13)8-3-2-7(4-10(8)12)9-5-15-16-11(9)14/h2-6H,1H3,(H3,14,15,16). The highest BCUT2D eigenvalue weighted by molar-refractivity contribution is 9.10. The summed E-state index contributed by atoms with van der Waals surface area (Å²) in [7, 11) is 0. The summed E-state index contributed by atoms with van der Waals surface area (Å²) in [4.78, 5) is 0. The van der Waals surface area contributed by atoms with Gasteiger partial charge in [0.2, 0.25) is 0 Å². The molecule has 2 rings (SSSR count). The summed E-state index contributed by atoms with van der Waals surface area (Å²) in [5, 5.41) is 6.51. The lowest BCUT2D eigenvalue weighted by atomic mass is 10.0. The van der Waals surface area contributed by atoms with Gasteiger partial charge in [0, 0.05) is 10.0 Å². The van der Waals surface area contributed by atoms with E-state index < -0.39 is 6.17 Å². The van der Waals surface area contributed by atoms with Crippen LogP contribution >= 0.6 is 15.9 Å². The first-order valence-corrected chi connectivity index (χ1v) is 5.61. The maximum Gasteiger partial charge on any atom is 0.126 e. The van der Waals surface area contributed by atoms with Gasteiger partial charge < -0.3 is 5.73 Å². The number of anilines is 1. The molecular weight excluding hydrogens is 273 g/mol. The minimum atomic E-state index is -0.995. The molecule has 3 nitrogen and oxygen atoms in total. The molecule has 0 spiro atoms. The van der Waals surface area contributed by atoms with Crippen LogP contribution in [-0.4, -0.2) is 10.2 Å². The van der Waals surface area contributed by atoms with E-state index in [1.807, 2.05) is 12.1 Å². The molecule has 0 radical (unpaired) electrons. The highest BCUT2D eigenvalue weighted by Gasteiger charge is 2.10. The Labute approximate surface area is 101 Å². The highest BCUT2D eigenvalue weighted by Crippen LogP contribution is 2.32. The second-order valence-electron chi connectivity index (χ2n) is 3.55. The predicted molar refractivity (Wildman–Crippen MR) is 65.7 cm³/mol. The van der Waals surface area contributed by atoms with Crippen molar-refractivity contribution in [2.45, 2.75) is 13.1 Å². The van der Waals surface area contributed by atoms with Crippen molar-refractivity contribution >= 4 is 21.7 Å². The lowest BCUT2D eigenvalue weighted by molar-refractivity contribution is 0.373. The lowest BCUT2D eigenvalue weighted by Crippen LogP contribution is -1.90. The molecule has 0 aliphatic heterocycles. The van der Waals surface area contributed by atoms with E-state index >= 15 is 0 Å². The molecule has 3 N–H and O–H groups in total. The summed E-state index contributed by atoms with van der Waals surface area (Å²) in [6.07, 6.45) is 0.653. The number of rotatable bonds is 2. The van der Waals surface area contributed by atoms with Crippen LogP contribution in [0.25, 0.3) is 11.1 Å². The van der Waals surface area contributed by atoms with Gasteiger partial charge in [-0.2, -0.15) is 5.10 Å². The molecule has 1 aromatic heterocycles. The molecule has 1 heterocycles. The Bertz CT molecular complexity index is 508. The van der Waals surface area contributed by atoms with Gasteiger partial charge in [-0.25, -0.2) is 4.39 Å². The Balaban J connectivity index is 2.46. The van der Waals surface area contributed by atoms with Crippen molar-refractivity contribution in [3.8, 4) is 11.1 Å². The fourth-order valence-electron chi connectivity index (χ4n) is 1.54. The Morgan fingerprint density at radius 2 is 2.25 bits per heavy atom. The summed E-state index contributed by atoms with van der Waals surface area (Å²) in [5.74, 6) is 0.507. The SMILES string of the molecule is CC(F)c1ccc(-c2cn[nH]c2N)cc1Br. The van der Waals surface area contributed by atoms with Gasteiger partial charge >= 0.3 is 0 Å². The number of halogens is 2. The van der Waals surface area contributed by atoms with Gasteiger partial charge in [-0.05, 0) is 24.1 Å². The summed E-state index contributed by atoms with van der Waals surface area (Å²) in [6, 6.07) is 5.42. The number of aromatic nitrogens is 2. The van der Waals surface area contributed by atoms with Crippen LogP contribution in [0.15, 0.2) is 28.9 Å². The molecule has 1 atom stereocenters. The molecule has 0 aliphatic carbocycles. The highest BCUT2D eigenvalue weighted by atomic mass is 79.9. The lowest BCUT2D eigenvalue weighted by Gasteiger charge is -2.07. The van der Waals surface area contributed by atoms with E-state index in [4.69, 9.17) is 5.73 Å². The number of benzene rings is 1. The van der Waals surface area contributed by atoms with E-state index in [1.165, 1.54) is 6.92 Å². The average Bonchev–Trinajstić information content (AvgIpc) is 2.63. The molecular formula is C11H11BrFN3. The number of hydrogen-bond donors (Lipinski definition) is 2. The first-order chi connectivity index (χ1) is 7.59. The smallest absolute Gasteiger partial charge is 0.126 e. The van der Waals surface area contributed by atoms with Crippen molar-refractivity contribution in [2.75, 3.05) is 5.73 Å². The molecule has 1 unspecified atom stereocenters. The molecule has 0 saturated carbocycles. The monoisotopic (exact) mass is 283 g/mol. The van der Waals surface area contributed by atoms with Crippen molar-refractivity contribution in [2.24, 2.45) is 0 Å². The van der Waals surface area contributed by atoms with Crippen LogP contribution in [0.5, 0.6) is 0 Å². The number of nitrogens with zero attached hydrogens (tertiary/aromatic N) is 1. The topological polar surface area (TPSA) is 54.7 Å². The molecule has 0 bridgehead atoms. The molecule has 0 amide bonds. The quantitative estimate of drug-likeness (QED) is 0.887. The Morgan fingerprint density at radius 3 is 2.75 bits per heavy atom. The Kier molecular flexibility index (Phi) is 2.96. The maximum absolute atomic E-state index is 13.2. The summed E-state index contributed by atoms with van der Waals surface area (Å²) in [5.41, 5.74) is 8.07. The van der Waals surface area contributed by atoms with Gasteiger partial charge in [0.25, 0.3) is 0 Å². The summed E-state index contributed by atoms with van der Waals surface area (Å²) in [6.45, 7) is 1.51. The van der Waals surface area contributed by atoms with Crippen LogP contribution in [0.1, 0.15) is 18.7 Å². The number of aromatic amines is 1. The minimum Gasteiger partial charge on any atom is -0.384 e. The third-order valence-electron chi connectivity index (χ3n) is 2.41. The van der Waals surface area contributed by atoms with Gasteiger partial charge in [-0.1, -0.05) is 28.1 Å². The first kappa shape index (κ1) is 11.1. The van der Waals surface area contributed by atoms with Gasteiger partial charge in [-0.15, -0.1) is 0 Å². The first-order valence-electron chi connectivity index (χ1n) is 4.82. The molecule has 0 fully saturated rings. The normalized spacial score (nSPS) is 12.7. The van der Waals surface area contributed by atoms with Crippen LogP contribution in [0.3, 0.4) is 0 Å². The zero-order valence-corrected chi connectivity index (χ0v) is 10.3. The maximum atomic E-state index is 13.2. The Morgan fingerprint density at radius 1 is 1.50 bits per heavy atom. The molecule has 16 heavy (non-hydrogen) atoms. The second kappa shape index (κ2) is 4.25. The van der Waals surface area contributed by atoms with E-state index in [9.17, 15) is 4.39 Å².